The molecule has 1 heterocycles. The van der Waals surface area contributed by atoms with Crippen molar-refractivity contribution < 1.29 is 27.7 Å². The molecule has 0 fully saturated rings. The second kappa shape index (κ2) is 13.6. The number of carboxylic acid groups (broad SMARTS) is 1. The number of hydrogen-bond donors (Lipinski definition) is 3. The van der Waals surface area contributed by atoms with E-state index in [1.165, 1.54) is 25.3 Å². The summed E-state index contributed by atoms with van der Waals surface area (Å²) in [6, 6.07) is 9.37. The molecule has 41 heavy (non-hydrogen) atoms. The number of nitrogens with zero attached hydrogens (tertiary/aromatic N) is 6. The van der Waals surface area contributed by atoms with E-state index in [9.17, 15) is 28.4 Å². The third-order valence-electron chi connectivity index (χ3n) is 5.71. The van der Waals surface area contributed by atoms with Gasteiger partial charge in [0, 0.05) is 25.7 Å². The third kappa shape index (κ3) is 8.24. The highest BCUT2D eigenvalue weighted by Crippen LogP contribution is 2.36. The van der Waals surface area contributed by atoms with E-state index >= 15 is 0 Å². The number of carbonyl (C=O) groups excluding carboxylic acids is 1. The summed E-state index contributed by atoms with van der Waals surface area (Å²) in [7, 11) is -4.03. The summed E-state index contributed by atoms with van der Waals surface area (Å²) < 4.78 is 32.1. The largest absolute Gasteiger partial charge is 0.478 e. The summed E-state index contributed by atoms with van der Waals surface area (Å²) in [4.78, 5) is 25.2. The van der Waals surface area contributed by atoms with Gasteiger partial charge in [-0.05, 0) is 50.1 Å². The average molecular weight is 622 g/mol. The summed E-state index contributed by atoms with van der Waals surface area (Å²) in [5.74, 6) is -1.96. The fourth-order valence-corrected chi connectivity index (χ4v) is 5.04. The first-order valence-corrected chi connectivity index (χ1v) is 14.5. The van der Waals surface area contributed by atoms with Crippen LogP contribution in [0, 0.1) is 11.3 Å². The maximum Gasteiger partial charge on any atom is 0.335 e. The van der Waals surface area contributed by atoms with E-state index in [4.69, 9.17) is 27.8 Å². The van der Waals surface area contributed by atoms with Gasteiger partial charge in [0.25, 0.3) is 10.1 Å². The number of amides is 1. The molecule has 0 aliphatic rings. The number of nitriles is 1. The van der Waals surface area contributed by atoms with Crippen molar-refractivity contribution in [1.82, 2.24) is 9.78 Å². The normalized spacial score (nSPS) is 11.4. The number of rotatable bonds is 12. The lowest BCUT2D eigenvalue weighted by Gasteiger charge is -2.24. The fourth-order valence-electron chi connectivity index (χ4n) is 3.83. The molecule has 0 radical (unpaired) electrons. The van der Waals surface area contributed by atoms with Crippen LogP contribution in [0.2, 0.25) is 10.0 Å². The Morgan fingerprint density at radius 2 is 1.85 bits per heavy atom. The molecule has 216 valence electrons. The molecule has 0 aliphatic heterocycles. The highest BCUT2D eigenvalue weighted by atomic mass is 35.5. The first kappa shape index (κ1) is 31.5. The molecule has 3 rings (SSSR count). The zero-order valence-electron chi connectivity index (χ0n) is 21.9. The minimum Gasteiger partial charge on any atom is -0.478 e. The van der Waals surface area contributed by atoms with Gasteiger partial charge in [0.2, 0.25) is 5.91 Å². The molecule has 0 bridgehead atoms. The lowest BCUT2D eigenvalue weighted by atomic mass is 10.2. The molecule has 2 aromatic carbocycles. The summed E-state index contributed by atoms with van der Waals surface area (Å²) in [6.07, 6.45) is 2.01. The van der Waals surface area contributed by atoms with Gasteiger partial charge in [-0.2, -0.15) is 18.8 Å². The number of hydrogen-bond acceptors (Lipinski definition) is 9. The minimum absolute atomic E-state index is 0.0305. The van der Waals surface area contributed by atoms with Gasteiger partial charge in [0.15, 0.2) is 5.82 Å². The van der Waals surface area contributed by atoms with Crippen LogP contribution in [0.15, 0.2) is 46.8 Å². The van der Waals surface area contributed by atoms with Crippen LogP contribution in [0.25, 0.3) is 5.69 Å². The zero-order valence-corrected chi connectivity index (χ0v) is 24.2. The minimum atomic E-state index is -4.03. The first-order chi connectivity index (χ1) is 19.3. The number of carboxylic acids is 1. The molecular formula is C25H25Cl2N7O6S. The van der Waals surface area contributed by atoms with Crippen molar-refractivity contribution in [3.05, 3.63) is 57.7 Å². The SMILES string of the molecule is CCN(CCCCS(=O)(=O)O)c1ccc(N=Nc2c(C#N)cnn2-c2c(Cl)cc(C(=O)O)cc2Cl)c(NC(C)=O)c1. The van der Waals surface area contributed by atoms with Crippen molar-refractivity contribution in [3.63, 3.8) is 0 Å². The average Bonchev–Trinajstić information content (AvgIpc) is 3.29. The maximum absolute atomic E-state index is 11.9. The fraction of sp³-hybridized carbons (Fsp3) is 0.280. The molecule has 0 saturated carbocycles. The highest BCUT2D eigenvalue weighted by Gasteiger charge is 2.20. The van der Waals surface area contributed by atoms with Crippen LogP contribution in [0.5, 0.6) is 0 Å². The zero-order chi connectivity index (χ0) is 30.3. The molecule has 1 amide bonds. The third-order valence-corrected chi connectivity index (χ3v) is 7.09. The molecule has 13 nitrogen and oxygen atoms in total. The van der Waals surface area contributed by atoms with E-state index in [0.717, 1.165) is 10.4 Å². The second-order valence-corrected chi connectivity index (χ2v) is 11.0. The van der Waals surface area contributed by atoms with Crippen LogP contribution in [0.1, 0.15) is 42.6 Å². The number of aromatic carboxylic acids is 1. The standard InChI is InChI=1S/C25H25Cl2N7O6S/c1-3-33(8-4-5-9-41(38,39)40)18-6-7-21(22(12-18)30-15(2)35)31-32-24-17(13-28)14-29-34(24)23-19(26)10-16(25(36)37)11-20(23)27/h6-7,10-12,14H,3-5,8-9H2,1-2H3,(H,30,35)(H,36,37)(H,38,39,40). The van der Waals surface area contributed by atoms with E-state index in [2.05, 4.69) is 20.6 Å². The monoisotopic (exact) mass is 621 g/mol. The number of aromatic nitrogens is 2. The topological polar surface area (TPSA) is 190 Å². The summed E-state index contributed by atoms with van der Waals surface area (Å²) >= 11 is 12.6. The van der Waals surface area contributed by atoms with Gasteiger partial charge in [-0.3, -0.25) is 9.35 Å². The number of anilines is 2. The number of azo groups is 1. The van der Waals surface area contributed by atoms with E-state index in [-0.39, 0.29) is 56.4 Å². The number of halogens is 2. The van der Waals surface area contributed by atoms with Crippen LogP contribution < -0.4 is 10.2 Å². The molecule has 0 unspecified atom stereocenters. The summed E-state index contributed by atoms with van der Waals surface area (Å²) in [6.45, 7) is 4.32. The Hall–Kier alpha value is -4.03. The van der Waals surface area contributed by atoms with Crippen LogP contribution in [0.3, 0.4) is 0 Å². The summed E-state index contributed by atoms with van der Waals surface area (Å²) in [5.41, 5.74) is 1.28. The predicted molar refractivity (Wildman–Crippen MR) is 154 cm³/mol. The van der Waals surface area contributed by atoms with Gasteiger partial charge in [0.1, 0.15) is 23.0 Å². The Kier molecular flexibility index (Phi) is 10.4. The number of benzene rings is 2. The Balaban J connectivity index is 1.98. The maximum atomic E-state index is 11.9. The van der Waals surface area contributed by atoms with Gasteiger partial charge in [-0.25, -0.2) is 9.48 Å². The van der Waals surface area contributed by atoms with Crippen molar-refractivity contribution >= 4 is 68.1 Å². The second-order valence-electron chi connectivity index (χ2n) is 8.65. The Labute approximate surface area is 245 Å². The van der Waals surface area contributed by atoms with Crippen molar-refractivity contribution in [1.29, 1.82) is 5.26 Å². The lowest BCUT2D eigenvalue weighted by Crippen LogP contribution is -2.24. The van der Waals surface area contributed by atoms with Crippen molar-refractivity contribution in [2.75, 3.05) is 29.1 Å². The smallest absolute Gasteiger partial charge is 0.335 e. The van der Waals surface area contributed by atoms with Gasteiger partial charge >= 0.3 is 5.97 Å². The van der Waals surface area contributed by atoms with Gasteiger partial charge < -0.3 is 15.3 Å². The quantitative estimate of drug-likeness (QED) is 0.131. The molecule has 3 N–H and O–H groups in total. The van der Waals surface area contributed by atoms with Crippen molar-refractivity contribution in [3.8, 4) is 11.8 Å². The number of unbranched alkanes of at least 4 members (excludes halogenated alkanes) is 1. The molecule has 16 heteroatoms. The van der Waals surface area contributed by atoms with E-state index in [1.807, 2.05) is 17.9 Å². The van der Waals surface area contributed by atoms with Gasteiger partial charge in [-0.1, -0.05) is 23.2 Å². The summed E-state index contributed by atoms with van der Waals surface area (Å²) in [5, 5.41) is 34.0. The van der Waals surface area contributed by atoms with E-state index < -0.39 is 16.1 Å². The van der Waals surface area contributed by atoms with Gasteiger partial charge in [-0.15, -0.1) is 10.2 Å². The van der Waals surface area contributed by atoms with Crippen LogP contribution in [-0.2, 0) is 14.9 Å². The molecule has 3 aromatic rings. The van der Waals surface area contributed by atoms with Gasteiger partial charge in [0.05, 0.1) is 33.2 Å². The Morgan fingerprint density at radius 1 is 1.17 bits per heavy atom. The lowest BCUT2D eigenvalue weighted by molar-refractivity contribution is -0.114. The molecule has 0 aliphatic carbocycles. The molecule has 0 spiro atoms. The van der Waals surface area contributed by atoms with Crippen LogP contribution >= 0.6 is 23.2 Å². The first-order valence-electron chi connectivity index (χ1n) is 12.1. The number of carbonyl (C=O) groups is 2. The molecule has 0 saturated heterocycles. The molecule has 1 aromatic heterocycles. The van der Waals surface area contributed by atoms with Crippen molar-refractivity contribution in [2.45, 2.75) is 26.7 Å². The van der Waals surface area contributed by atoms with Crippen LogP contribution in [0.4, 0.5) is 22.9 Å². The Bertz CT molecular complexity index is 1630. The molecule has 0 atom stereocenters. The van der Waals surface area contributed by atoms with Crippen molar-refractivity contribution in [2.24, 2.45) is 10.2 Å². The number of nitrogens with one attached hydrogen (secondary N) is 1. The predicted octanol–water partition coefficient (Wildman–Crippen LogP) is 5.62. The Morgan fingerprint density at radius 3 is 2.41 bits per heavy atom. The van der Waals surface area contributed by atoms with Crippen LogP contribution in [-0.4, -0.2) is 58.6 Å². The highest BCUT2D eigenvalue weighted by molar-refractivity contribution is 7.85. The van der Waals surface area contributed by atoms with E-state index in [1.54, 1.807) is 18.2 Å². The molecular weight excluding hydrogens is 597 g/mol. The van der Waals surface area contributed by atoms with E-state index in [0.29, 0.717) is 25.2 Å².